The van der Waals surface area contributed by atoms with E-state index in [1.54, 1.807) is 30.3 Å². The van der Waals surface area contributed by atoms with Crippen molar-refractivity contribution in [2.24, 2.45) is 0 Å². The van der Waals surface area contributed by atoms with Crippen LogP contribution in [0.15, 0.2) is 42.5 Å². The highest BCUT2D eigenvalue weighted by atomic mass is 19.1. The monoisotopic (exact) mass is 262 g/mol. The number of aliphatic hydroxyl groups is 1. The third-order valence-corrected chi connectivity index (χ3v) is 2.89. The fraction of sp³-hybridized carbons (Fsp3) is 0.200. The number of benzene rings is 2. The zero-order valence-corrected chi connectivity index (χ0v) is 10.8. The van der Waals surface area contributed by atoms with Crippen molar-refractivity contribution in [2.45, 2.75) is 6.10 Å². The maximum absolute atomic E-state index is 13.2. The predicted molar refractivity (Wildman–Crippen MR) is 70.0 cm³/mol. The van der Waals surface area contributed by atoms with Crippen molar-refractivity contribution in [1.82, 2.24) is 0 Å². The second kappa shape index (κ2) is 5.71. The van der Waals surface area contributed by atoms with Crippen molar-refractivity contribution in [3.05, 3.63) is 59.4 Å². The van der Waals surface area contributed by atoms with E-state index in [0.29, 0.717) is 22.6 Å². The van der Waals surface area contributed by atoms with Gasteiger partial charge in [-0.05, 0) is 23.8 Å². The summed E-state index contributed by atoms with van der Waals surface area (Å²) < 4.78 is 23.6. The van der Waals surface area contributed by atoms with Gasteiger partial charge >= 0.3 is 0 Å². The number of hydrogen-bond acceptors (Lipinski definition) is 3. The smallest absolute Gasteiger partial charge is 0.166 e. The van der Waals surface area contributed by atoms with Crippen LogP contribution in [0.3, 0.4) is 0 Å². The van der Waals surface area contributed by atoms with Crippen LogP contribution in [0.5, 0.6) is 11.5 Å². The molecule has 0 aromatic heterocycles. The molecular weight excluding hydrogens is 247 g/mol. The molecule has 1 unspecified atom stereocenters. The standard InChI is InChI=1S/C15H15FO3/c1-18-13-8-4-7-12(15(13)19-2)14(17)10-5-3-6-11(16)9-10/h3-9,14,17H,1-2H3. The topological polar surface area (TPSA) is 38.7 Å². The summed E-state index contributed by atoms with van der Waals surface area (Å²) in [5, 5.41) is 10.3. The van der Waals surface area contributed by atoms with Gasteiger partial charge in [0, 0.05) is 5.56 Å². The normalized spacial score (nSPS) is 12.0. The highest BCUT2D eigenvalue weighted by Crippen LogP contribution is 2.37. The van der Waals surface area contributed by atoms with Gasteiger partial charge in [-0.3, -0.25) is 0 Å². The Hall–Kier alpha value is -2.07. The summed E-state index contributed by atoms with van der Waals surface area (Å²) in [7, 11) is 3.02. The Labute approximate surface area is 111 Å². The highest BCUT2D eigenvalue weighted by Gasteiger charge is 2.18. The summed E-state index contributed by atoms with van der Waals surface area (Å²) in [5.74, 6) is 0.579. The van der Waals surface area contributed by atoms with Crippen LogP contribution in [0.4, 0.5) is 4.39 Å². The van der Waals surface area contributed by atoms with Gasteiger partial charge in [-0.25, -0.2) is 4.39 Å². The number of para-hydroxylation sites is 1. The first kappa shape index (κ1) is 13.4. The summed E-state index contributed by atoms with van der Waals surface area (Å²) in [6, 6.07) is 11.0. The summed E-state index contributed by atoms with van der Waals surface area (Å²) >= 11 is 0. The van der Waals surface area contributed by atoms with E-state index in [0.717, 1.165) is 0 Å². The fourth-order valence-electron chi connectivity index (χ4n) is 1.98. The van der Waals surface area contributed by atoms with Crippen LogP contribution in [0.25, 0.3) is 0 Å². The molecule has 2 aromatic carbocycles. The lowest BCUT2D eigenvalue weighted by atomic mass is 10.00. The van der Waals surface area contributed by atoms with Crippen molar-refractivity contribution in [3.63, 3.8) is 0 Å². The van der Waals surface area contributed by atoms with Gasteiger partial charge in [0.05, 0.1) is 14.2 Å². The molecule has 3 nitrogen and oxygen atoms in total. The van der Waals surface area contributed by atoms with Gasteiger partial charge in [-0.1, -0.05) is 24.3 Å². The zero-order valence-electron chi connectivity index (χ0n) is 10.8. The average molecular weight is 262 g/mol. The van der Waals surface area contributed by atoms with E-state index >= 15 is 0 Å². The number of methoxy groups -OCH3 is 2. The first-order valence-electron chi connectivity index (χ1n) is 5.81. The van der Waals surface area contributed by atoms with Gasteiger partial charge < -0.3 is 14.6 Å². The molecule has 19 heavy (non-hydrogen) atoms. The number of halogens is 1. The number of hydrogen-bond donors (Lipinski definition) is 1. The van der Waals surface area contributed by atoms with Gasteiger partial charge in [0.25, 0.3) is 0 Å². The third kappa shape index (κ3) is 2.69. The lowest BCUT2D eigenvalue weighted by molar-refractivity contribution is 0.212. The maximum atomic E-state index is 13.2. The number of ether oxygens (including phenoxy) is 2. The van der Waals surface area contributed by atoms with E-state index in [9.17, 15) is 9.50 Å². The van der Waals surface area contributed by atoms with Gasteiger partial charge in [0.15, 0.2) is 11.5 Å². The molecule has 0 aliphatic rings. The SMILES string of the molecule is COc1cccc(C(O)c2cccc(F)c2)c1OC. The van der Waals surface area contributed by atoms with Crippen molar-refractivity contribution < 1.29 is 19.0 Å². The van der Waals surface area contributed by atoms with E-state index < -0.39 is 11.9 Å². The highest BCUT2D eigenvalue weighted by molar-refractivity contribution is 5.49. The Morgan fingerprint density at radius 2 is 1.79 bits per heavy atom. The van der Waals surface area contributed by atoms with Gasteiger partial charge in [-0.2, -0.15) is 0 Å². The Bertz CT molecular complexity index is 569. The summed E-state index contributed by atoms with van der Waals surface area (Å²) in [6.45, 7) is 0. The molecule has 0 saturated heterocycles. The average Bonchev–Trinajstić information content (AvgIpc) is 2.45. The largest absolute Gasteiger partial charge is 0.493 e. The molecule has 1 atom stereocenters. The van der Waals surface area contributed by atoms with Crippen LogP contribution < -0.4 is 9.47 Å². The molecule has 0 aliphatic heterocycles. The van der Waals surface area contributed by atoms with Crippen LogP contribution in [0.2, 0.25) is 0 Å². The molecule has 2 aromatic rings. The Kier molecular flexibility index (Phi) is 4.02. The number of rotatable bonds is 4. The van der Waals surface area contributed by atoms with E-state index in [4.69, 9.17) is 9.47 Å². The quantitative estimate of drug-likeness (QED) is 0.920. The lowest BCUT2D eigenvalue weighted by Crippen LogP contribution is -2.04. The summed E-state index contributed by atoms with van der Waals surface area (Å²) in [4.78, 5) is 0. The van der Waals surface area contributed by atoms with E-state index in [1.807, 2.05) is 0 Å². The maximum Gasteiger partial charge on any atom is 0.166 e. The first-order chi connectivity index (χ1) is 9.17. The molecule has 0 fully saturated rings. The second-order valence-corrected chi connectivity index (χ2v) is 4.04. The van der Waals surface area contributed by atoms with Crippen molar-refractivity contribution in [1.29, 1.82) is 0 Å². The molecule has 0 aliphatic carbocycles. The molecule has 0 spiro atoms. The minimum atomic E-state index is -0.972. The second-order valence-electron chi connectivity index (χ2n) is 4.04. The van der Waals surface area contributed by atoms with E-state index in [-0.39, 0.29) is 0 Å². The fourth-order valence-corrected chi connectivity index (χ4v) is 1.98. The zero-order chi connectivity index (χ0) is 13.8. The van der Waals surface area contributed by atoms with Crippen molar-refractivity contribution in [3.8, 4) is 11.5 Å². The van der Waals surface area contributed by atoms with Crippen LogP contribution in [0.1, 0.15) is 17.2 Å². The van der Waals surface area contributed by atoms with Gasteiger partial charge in [0.1, 0.15) is 11.9 Å². The molecule has 0 heterocycles. The Balaban J connectivity index is 2.46. The minimum absolute atomic E-state index is 0.390. The molecule has 2 rings (SSSR count). The summed E-state index contributed by atoms with van der Waals surface area (Å²) in [5.41, 5.74) is 0.999. The van der Waals surface area contributed by atoms with Crippen LogP contribution in [0, 0.1) is 5.82 Å². The number of aliphatic hydroxyl groups excluding tert-OH is 1. The molecular formula is C15H15FO3. The molecule has 0 bridgehead atoms. The van der Waals surface area contributed by atoms with E-state index in [2.05, 4.69) is 0 Å². The van der Waals surface area contributed by atoms with Crippen LogP contribution >= 0.6 is 0 Å². The van der Waals surface area contributed by atoms with Crippen LogP contribution in [-0.2, 0) is 0 Å². The predicted octanol–water partition coefficient (Wildman–Crippen LogP) is 2.92. The molecule has 1 N–H and O–H groups in total. The first-order valence-corrected chi connectivity index (χ1v) is 5.81. The molecule has 100 valence electrons. The Morgan fingerprint density at radius 1 is 1.05 bits per heavy atom. The third-order valence-electron chi connectivity index (χ3n) is 2.89. The van der Waals surface area contributed by atoms with Crippen molar-refractivity contribution in [2.75, 3.05) is 14.2 Å². The Morgan fingerprint density at radius 3 is 2.42 bits per heavy atom. The van der Waals surface area contributed by atoms with E-state index in [1.165, 1.54) is 26.4 Å². The lowest BCUT2D eigenvalue weighted by Gasteiger charge is -2.17. The van der Waals surface area contributed by atoms with Gasteiger partial charge in [0.2, 0.25) is 0 Å². The van der Waals surface area contributed by atoms with Crippen molar-refractivity contribution >= 4 is 0 Å². The van der Waals surface area contributed by atoms with Crippen LogP contribution in [-0.4, -0.2) is 19.3 Å². The molecule has 4 heteroatoms. The molecule has 0 amide bonds. The molecule has 0 radical (unpaired) electrons. The molecule has 0 saturated carbocycles. The summed E-state index contributed by atoms with van der Waals surface area (Å²) in [6.07, 6.45) is -0.972. The van der Waals surface area contributed by atoms with Gasteiger partial charge in [-0.15, -0.1) is 0 Å². The minimum Gasteiger partial charge on any atom is -0.493 e.